The minimum atomic E-state index is -0.809. The Morgan fingerprint density at radius 1 is 0.926 bits per heavy atom. The predicted octanol–water partition coefficient (Wildman–Crippen LogP) is 5.17. The van der Waals surface area contributed by atoms with E-state index in [0.29, 0.717) is 23.2 Å². The van der Waals surface area contributed by atoms with Gasteiger partial charge in [0.1, 0.15) is 5.60 Å². The van der Waals surface area contributed by atoms with E-state index in [1.54, 1.807) is 0 Å². The molecule has 0 aromatic carbocycles. The van der Waals surface area contributed by atoms with E-state index in [1.165, 1.54) is 44.9 Å². The monoisotopic (exact) mass is 372 g/mol. The Labute approximate surface area is 166 Å². The average Bonchev–Trinajstić information content (AvgIpc) is 2.99. The number of aliphatic hydroxyl groups excluding tert-OH is 1. The zero-order chi connectivity index (χ0) is 19.3. The van der Waals surface area contributed by atoms with Gasteiger partial charge in [0.2, 0.25) is 0 Å². The second kappa shape index (κ2) is 7.07. The Kier molecular flexibility index (Phi) is 5.18. The van der Waals surface area contributed by atoms with Crippen LogP contribution in [0.15, 0.2) is 0 Å². The normalized spacial score (nSPS) is 51.5. The molecule has 4 rings (SSSR count). The topological polar surface area (TPSA) is 40.5 Å². The van der Waals surface area contributed by atoms with E-state index in [1.807, 2.05) is 0 Å². The molecule has 152 valence electrons. The molecule has 2 nitrogen and oxygen atoms in total. The van der Waals surface area contributed by atoms with Crippen LogP contribution in [-0.2, 0) is 0 Å². The molecule has 0 spiro atoms. The van der Waals surface area contributed by atoms with Crippen molar-refractivity contribution < 1.29 is 10.2 Å². The minimum absolute atomic E-state index is 0.0902. The highest BCUT2D eigenvalue weighted by atomic mass is 16.3. The molecule has 0 radical (unpaired) electrons. The molecule has 2 heteroatoms. The second-order valence-corrected chi connectivity index (χ2v) is 10.9. The largest absolute Gasteiger partial charge is 0.395 e. The van der Waals surface area contributed by atoms with Crippen LogP contribution in [-0.4, -0.2) is 22.4 Å². The average molecular weight is 373 g/mol. The van der Waals surface area contributed by atoms with E-state index in [4.69, 9.17) is 5.11 Å². The highest BCUT2D eigenvalue weighted by Crippen LogP contribution is 2.68. The van der Waals surface area contributed by atoms with Crippen molar-refractivity contribution in [1.29, 1.82) is 0 Å². The lowest BCUT2D eigenvalue weighted by Gasteiger charge is -2.61. The lowest BCUT2D eigenvalue weighted by atomic mass is 9.44. The fourth-order valence-corrected chi connectivity index (χ4v) is 8.42. The third-order valence-electron chi connectivity index (χ3n) is 9.97. The van der Waals surface area contributed by atoms with Gasteiger partial charge >= 0.3 is 0 Å². The minimum Gasteiger partial charge on any atom is -0.395 e. The maximum atomic E-state index is 11.0. The fraction of sp³-hybridized carbons (Fsp3) is 0.920. The SMILES string of the molecule is CC[C@H]1CC[C@H]2[C@@H]3CC[C@H]4C[C@@](O)(C#CCCO)CC[C@]4(C)[C@H]3CC[C@]12C. The molecule has 0 aromatic heterocycles. The van der Waals surface area contributed by atoms with Crippen LogP contribution in [0.1, 0.15) is 91.4 Å². The summed E-state index contributed by atoms with van der Waals surface area (Å²) in [6, 6.07) is 0. The first kappa shape index (κ1) is 19.8. The maximum Gasteiger partial charge on any atom is 0.125 e. The molecule has 0 bridgehead atoms. The Bertz CT molecular complexity index is 618. The molecule has 0 heterocycles. The first-order chi connectivity index (χ1) is 12.9. The quantitative estimate of drug-likeness (QED) is 0.656. The van der Waals surface area contributed by atoms with Gasteiger partial charge in [0.25, 0.3) is 0 Å². The standard InChI is InChI=1S/C25H40O2/c1-4-18-8-10-21-20-9-7-19-17-25(27,12-5-6-16-26)15-14-24(19,3)22(20)11-13-23(18,21)2/h18-22,26-27H,4,6-11,13-17H2,1-3H3/t18-,19-,20-,21-,22-,23+,24-,25+/m0/s1. The smallest absolute Gasteiger partial charge is 0.125 e. The summed E-state index contributed by atoms with van der Waals surface area (Å²) in [5.41, 5.74) is 0.194. The van der Waals surface area contributed by atoms with Crippen LogP contribution in [0, 0.1) is 52.3 Å². The summed E-state index contributed by atoms with van der Waals surface area (Å²) < 4.78 is 0. The summed E-state index contributed by atoms with van der Waals surface area (Å²) in [6.45, 7) is 7.68. The molecule has 0 aromatic rings. The zero-order valence-electron chi connectivity index (χ0n) is 17.8. The van der Waals surface area contributed by atoms with Crippen LogP contribution >= 0.6 is 0 Å². The summed E-state index contributed by atoms with van der Waals surface area (Å²) in [4.78, 5) is 0. The molecular weight excluding hydrogens is 332 g/mol. The lowest BCUT2D eigenvalue weighted by Crippen LogP contribution is -2.55. The van der Waals surface area contributed by atoms with Crippen molar-refractivity contribution >= 4 is 0 Å². The van der Waals surface area contributed by atoms with Crippen molar-refractivity contribution in [2.24, 2.45) is 40.4 Å². The van der Waals surface area contributed by atoms with E-state index in [2.05, 4.69) is 32.6 Å². The lowest BCUT2D eigenvalue weighted by molar-refractivity contribution is -0.138. The molecule has 4 aliphatic rings. The Morgan fingerprint density at radius 3 is 2.44 bits per heavy atom. The van der Waals surface area contributed by atoms with Crippen LogP contribution in [0.2, 0.25) is 0 Å². The molecule has 4 fully saturated rings. The number of fused-ring (bicyclic) bond motifs is 5. The van der Waals surface area contributed by atoms with Gasteiger partial charge in [-0.15, -0.1) is 0 Å². The summed E-state index contributed by atoms with van der Waals surface area (Å²) in [5.74, 6) is 10.4. The summed E-state index contributed by atoms with van der Waals surface area (Å²) in [5, 5.41) is 20.0. The number of aliphatic hydroxyl groups is 2. The number of hydrogen-bond donors (Lipinski definition) is 2. The van der Waals surface area contributed by atoms with Crippen LogP contribution < -0.4 is 0 Å². The van der Waals surface area contributed by atoms with Crippen molar-refractivity contribution in [3.8, 4) is 11.8 Å². The van der Waals surface area contributed by atoms with Gasteiger partial charge in [0, 0.05) is 6.42 Å². The molecule has 0 aliphatic heterocycles. The van der Waals surface area contributed by atoms with Gasteiger partial charge < -0.3 is 10.2 Å². The number of hydrogen-bond acceptors (Lipinski definition) is 2. The van der Waals surface area contributed by atoms with Gasteiger partial charge in [-0.1, -0.05) is 39.0 Å². The van der Waals surface area contributed by atoms with Crippen molar-refractivity contribution in [3.63, 3.8) is 0 Å². The van der Waals surface area contributed by atoms with Crippen molar-refractivity contribution in [3.05, 3.63) is 0 Å². The first-order valence-electron chi connectivity index (χ1n) is 11.7. The molecule has 0 unspecified atom stereocenters. The van der Waals surface area contributed by atoms with Crippen molar-refractivity contribution in [2.45, 2.75) is 97.0 Å². The molecule has 27 heavy (non-hydrogen) atoms. The Balaban J connectivity index is 1.53. The molecule has 2 N–H and O–H groups in total. The van der Waals surface area contributed by atoms with Crippen LogP contribution in [0.5, 0.6) is 0 Å². The summed E-state index contributed by atoms with van der Waals surface area (Å²) >= 11 is 0. The highest BCUT2D eigenvalue weighted by molar-refractivity contribution is 5.19. The Morgan fingerprint density at radius 2 is 1.70 bits per heavy atom. The van der Waals surface area contributed by atoms with Gasteiger partial charge in [0.15, 0.2) is 0 Å². The summed E-state index contributed by atoms with van der Waals surface area (Å²) in [7, 11) is 0. The molecule has 4 aliphatic carbocycles. The van der Waals surface area contributed by atoms with Gasteiger partial charge in [-0.2, -0.15) is 0 Å². The predicted molar refractivity (Wildman–Crippen MR) is 110 cm³/mol. The van der Waals surface area contributed by atoms with Crippen molar-refractivity contribution in [1.82, 2.24) is 0 Å². The van der Waals surface area contributed by atoms with Gasteiger partial charge in [0.05, 0.1) is 6.61 Å². The van der Waals surface area contributed by atoms with E-state index in [0.717, 1.165) is 42.9 Å². The highest BCUT2D eigenvalue weighted by Gasteiger charge is 2.60. The van der Waals surface area contributed by atoms with Gasteiger partial charge in [-0.3, -0.25) is 0 Å². The number of rotatable bonds is 2. The molecule has 4 saturated carbocycles. The molecular formula is C25H40O2. The second-order valence-electron chi connectivity index (χ2n) is 10.9. The molecule has 0 amide bonds. The third kappa shape index (κ3) is 3.08. The van der Waals surface area contributed by atoms with Gasteiger partial charge in [-0.05, 0) is 98.2 Å². The van der Waals surface area contributed by atoms with Crippen LogP contribution in [0.4, 0.5) is 0 Å². The Hall–Kier alpha value is -0.520. The van der Waals surface area contributed by atoms with E-state index in [-0.39, 0.29) is 6.61 Å². The fourth-order valence-electron chi connectivity index (χ4n) is 8.42. The molecule has 0 saturated heterocycles. The van der Waals surface area contributed by atoms with E-state index in [9.17, 15) is 5.11 Å². The first-order valence-corrected chi connectivity index (χ1v) is 11.7. The van der Waals surface area contributed by atoms with Gasteiger partial charge in [-0.25, -0.2) is 0 Å². The van der Waals surface area contributed by atoms with Crippen LogP contribution in [0.25, 0.3) is 0 Å². The van der Waals surface area contributed by atoms with E-state index < -0.39 is 5.60 Å². The molecule has 8 atom stereocenters. The van der Waals surface area contributed by atoms with Crippen LogP contribution in [0.3, 0.4) is 0 Å². The van der Waals surface area contributed by atoms with Crippen molar-refractivity contribution in [2.75, 3.05) is 6.61 Å². The third-order valence-corrected chi connectivity index (χ3v) is 9.97. The zero-order valence-corrected chi connectivity index (χ0v) is 17.8. The maximum absolute atomic E-state index is 11.0. The summed E-state index contributed by atoms with van der Waals surface area (Å²) in [6.07, 6.45) is 13.1. The van der Waals surface area contributed by atoms with E-state index >= 15 is 0 Å².